The van der Waals surface area contributed by atoms with Crippen molar-refractivity contribution in [2.24, 2.45) is 0 Å². The number of rotatable bonds is 4. The second-order valence-electron chi connectivity index (χ2n) is 3.65. The molecular weight excluding hydrogens is 352 g/mol. The fraction of sp³-hybridized carbons (Fsp3) is 0.0909. The zero-order valence-corrected chi connectivity index (χ0v) is 13.1. The highest BCUT2D eigenvalue weighted by Gasteiger charge is 2.17. The summed E-state index contributed by atoms with van der Waals surface area (Å²) in [6.07, 6.45) is 0. The van der Waals surface area contributed by atoms with E-state index in [-0.39, 0.29) is 4.21 Å². The predicted octanol–water partition coefficient (Wildman–Crippen LogP) is 2.90. The van der Waals surface area contributed by atoms with Crippen LogP contribution in [-0.2, 0) is 10.0 Å². The van der Waals surface area contributed by atoms with Gasteiger partial charge in [0.1, 0.15) is 9.96 Å². The second-order valence-corrected chi connectivity index (χ2v) is 7.33. The fourth-order valence-corrected chi connectivity index (χ4v) is 3.94. The van der Waals surface area contributed by atoms with Crippen LogP contribution < -0.4 is 15.2 Å². The molecule has 0 aliphatic rings. The van der Waals surface area contributed by atoms with E-state index in [2.05, 4.69) is 20.7 Å². The normalized spacial score (nSPS) is 11.3. The minimum atomic E-state index is -3.61. The van der Waals surface area contributed by atoms with E-state index >= 15 is 0 Å². The summed E-state index contributed by atoms with van der Waals surface area (Å²) in [5.41, 5.74) is 6.38. The van der Waals surface area contributed by atoms with Gasteiger partial charge in [-0.05, 0) is 34.1 Å². The lowest BCUT2D eigenvalue weighted by atomic mass is 10.3. The summed E-state index contributed by atoms with van der Waals surface area (Å²) in [5.74, 6) is 0.547. The van der Waals surface area contributed by atoms with Gasteiger partial charge < -0.3 is 10.5 Å². The van der Waals surface area contributed by atoms with Crippen molar-refractivity contribution in [3.63, 3.8) is 0 Å². The highest BCUT2D eigenvalue weighted by Crippen LogP contribution is 2.30. The van der Waals surface area contributed by atoms with Crippen LogP contribution in [0.5, 0.6) is 5.75 Å². The van der Waals surface area contributed by atoms with Crippen LogP contribution in [0.4, 0.5) is 11.4 Å². The van der Waals surface area contributed by atoms with Crippen LogP contribution in [-0.4, -0.2) is 15.5 Å². The number of thiophene rings is 1. The summed E-state index contributed by atoms with van der Waals surface area (Å²) in [5, 5.41) is 1.58. The van der Waals surface area contributed by atoms with Crippen LogP contribution in [0.25, 0.3) is 0 Å². The smallest absolute Gasteiger partial charge is 0.271 e. The maximum atomic E-state index is 12.1. The Kier molecular flexibility index (Phi) is 4.02. The molecule has 0 saturated carbocycles. The van der Waals surface area contributed by atoms with Crippen molar-refractivity contribution < 1.29 is 13.2 Å². The topological polar surface area (TPSA) is 81.4 Å². The van der Waals surface area contributed by atoms with E-state index in [1.807, 2.05) is 0 Å². The number of benzene rings is 1. The quantitative estimate of drug-likeness (QED) is 0.875. The van der Waals surface area contributed by atoms with Gasteiger partial charge in [0.2, 0.25) is 0 Å². The first-order valence-corrected chi connectivity index (χ1v) is 8.28. The third kappa shape index (κ3) is 3.20. The number of hydrogen-bond donors (Lipinski definition) is 2. The van der Waals surface area contributed by atoms with E-state index in [9.17, 15) is 8.42 Å². The summed E-state index contributed by atoms with van der Waals surface area (Å²) in [4.78, 5) is 0. The molecule has 0 aliphatic heterocycles. The molecule has 0 unspecified atom stereocenters. The summed E-state index contributed by atoms with van der Waals surface area (Å²) < 4.78 is 32.7. The van der Waals surface area contributed by atoms with Crippen molar-refractivity contribution in [2.75, 3.05) is 17.6 Å². The molecule has 0 radical (unpaired) electrons. The summed E-state index contributed by atoms with van der Waals surface area (Å²) >= 11 is 4.37. The summed E-state index contributed by atoms with van der Waals surface area (Å²) in [6, 6.07) is 6.36. The average Bonchev–Trinajstić information content (AvgIpc) is 2.79. The molecule has 0 bridgehead atoms. The van der Waals surface area contributed by atoms with Crippen molar-refractivity contribution in [3.05, 3.63) is 34.1 Å². The Labute approximate surface area is 123 Å². The average molecular weight is 363 g/mol. The Hall–Kier alpha value is -1.25. The first kappa shape index (κ1) is 14.2. The minimum Gasteiger partial charge on any atom is -0.495 e. The molecule has 3 N–H and O–H groups in total. The number of nitrogens with one attached hydrogen (secondary N) is 1. The number of nitrogen functional groups attached to an aromatic ring is 1. The van der Waals surface area contributed by atoms with Gasteiger partial charge in [-0.2, -0.15) is 0 Å². The molecule has 0 amide bonds. The third-order valence-electron chi connectivity index (χ3n) is 2.26. The van der Waals surface area contributed by atoms with Gasteiger partial charge in [0.15, 0.2) is 0 Å². The molecule has 1 aromatic carbocycles. The molecule has 0 atom stereocenters. The van der Waals surface area contributed by atoms with Crippen molar-refractivity contribution in [2.45, 2.75) is 4.21 Å². The third-order valence-corrected chi connectivity index (χ3v) is 5.76. The Morgan fingerprint density at radius 2 is 2.11 bits per heavy atom. The Balaban J connectivity index is 2.30. The summed E-state index contributed by atoms with van der Waals surface area (Å²) in [7, 11) is -2.10. The molecule has 0 aliphatic carbocycles. The van der Waals surface area contributed by atoms with Crippen molar-refractivity contribution in [1.29, 1.82) is 0 Å². The van der Waals surface area contributed by atoms with Gasteiger partial charge >= 0.3 is 0 Å². The lowest BCUT2D eigenvalue weighted by Gasteiger charge is -2.09. The zero-order valence-electron chi connectivity index (χ0n) is 9.88. The molecule has 2 rings (SSSR count). The SMILES string of the molecule is COc1cc(NS(=O)(=O)c2cc(N)cs2)ccc1Br. The van der Waals surface area contributed by atoms with Gasteiger partial charge in [0.05, 0.1) is 17.3 Å². The first-order chi connectivity index (χ1) is 8.92. The molecule has 1 aromatic heterocycles. The molecular formula is C11H11BrN2O3S2. The largest absolute Gasteiger partial charge is 0.495 e. The molecule has 0 fully saturated rings. The van der Waals surface area contributed by atoms with Gasteiger partial charge in [-0.15, -0.1) is 11.3 Å². The van der Waals surface area contributed by atoms with Crippen molar-refractivity contribution in [1.82, 2.24) is 0 Å². The number of anilines is 2. The van der Waals surface area contributed by atoms with E-state index < -0.39 is 10.0 Å². The lowest BCUT2D eigenvalue weighted by Crippen LogP contribution is -2.11. The molecule has 1 heterocycles. The number of sulfonamides is 1. The van der Waals surface area contributed by atoms with Gasteiger partial charge in [0.25, 0.3) is 10.0 Å². The number of halogens is 1. The van der Waals surface area contributed by atoms with E-state index in [0.29, 0.717) is 17.1 Å². The highest BCUT2D eigenvalue weighted by molar-refractivity contribution is 9.10. The minimum absolute atomic E-state index is 0.173. The Bertz CT molecular complexity index is 698. The van der Waals surface area contributed by atoms with E-state index in [1.54, 1.807) is 23.6 Å². The number of methoxy groups -OCH3 is 1. The standard InChI is InChI=1S/C11H11BrN2O3S2/c1-17-10-5-8(2-3-9(10)12)14-19(15,16)11-4-7(13)6-18-11/h2-6,14H,13H2,1H3. The highest BCUT2D eigenvalue weighted by atomic mass is 79.9. The number of hydrogen-bond acceptors (Lipinski definition) is 5. The van der Waals surface area contributed by atoms with E-state index in [4.69, 9.17) is 10.5 Å². The van der Waals surface area contributed by atoms with Gasteiger partial charge in [-0.3, -0.25) is 4.72 Å². The van der Waals surface area contributed by atoms with Gasteiger partial charge in [-0.25, -0.2) is 8.42 Å². The maximum absolute atomic E-state index is 12.1. The molecule has 0 spiro atoms. The molecule has 19 heavy (non-hydrogen) atoms. The molecule has 5 nitrogen and oxygen atoms in total. The fourth-order valence-electron chi connectivity index (χ4n) is 1.40. The monoisotopic (exact) mass is 362 g/mol. The van der Waals surface area contributed by atoms with Crippen LogP contribution in [0.3, 0.4) is 0 Å². The lowest BCUT2D eigenvalue weighted by molar-refractivity contribution is 0.412. The molecule has 2 aromatic rings. The molecule has 102 valence electrons. The zero-order chi connectivity index (χ0) is 14.0. The first-order valence-electron chi connectivity index (χ1n) is 5.13. The molecule has 8 heteroatoms. The van der Waals surface area contributed by atoms with Gasteiger partial charge in [-0.1, -0.05) is 0 Å². The van der Waals surface area contributed by atoms with Crippen LogP contribution in [0.15, 0.2) is 38.3 Å². The Morgan fingerprint density at radius 3 is 2.68 bits per heavy atom. The van der Waals surface area contributed by atoms with Crippen LogP contribution in [0.2, 0.25) is 0 Å². The maximum Gasteiger partial charge on any atom is 0.271 e. The Morgan fingerprint density at radius 1 is 1.37 bits per heavy atom. The van der Waals surface area contributed by atoms with Crippen molar-refractivity contribution in [3.8, 4) is 5.75 Å². The van der Waals surface area contributed by atoms with Crippen LogP contribution in [0.1, 0.15) is 0 Å². The van der Waals surface area contributed by atoms with Gasteiger partial charge in [0, 0.05) is 17.1 Å². The van der Waals surface area contributed by atoms with E-state index in [1.165, 1.54) is 13.2 Å². The van der Waals surface area contributed by atoms with Crippen LogP contribution >= 0.6 is 27.3 Å². The van der Waals surface area contributed by atoms with Crippen LogP contribution in [0, 0.1) is 0 Å². The second kappa shape index (κ2) is 5.40. The number of nitrogens with two attached hydrogens (primary N) is 1. The molecule has 0 saturated heterocycles. The van der Waals surface area contributed by atoms with Crippen molar-refractivity contribution >= 4 is 48.7 Å². The predicted molar refractivity (Wildman–Crippen MR) is 80.2 cm³/mol. The van der Waals surface area contributed by atoms with E-state index in [0.717, 1.165) is 15.8 Å². The summed E-state index contributed by atoms with van der Waals surface area (Å²) in [6.45, 7) is 0. The number of ether oxygens (including phenoxy) is 1.